The van der Waals surface area contributed by atoms with Gasteiger partial charge in [0.2, 0.25) is 5.78 Å². The molecule has 0 spiro atoms. The number of Topliss-reactive ketones (excluding diaryl/α,β-unsaturated/α-hetero) is 1. The number of hydrogen-bond acceptors (Lipinski definition) is 3. The standard InChI is InChI=1S/C16H17NO2/c18-15(16-6-3-11-19-16)12-17-9-7-13-4-1-2-5-14(13)8-10-17/h1-6,11H,7-10,12H2. The maximum absolute atomic E-state index is 12.0. The Morgan fingerprint density at radius 2 is 1.74 bits per heavy atom. The highest BCUT2D eigenvalue weighted by molar-refractivity contribution is 5.95. The fraction of sp³-hybridized carbons (Fsp3) is 0.312. The summed E-state index contributed by atoms with van der Waals surface area (Å²) in [6, 6.07) is 12.0. The van der Waals surface area contributed by atoms with Gasteiger partial charge in [0.1, 0.15) is 0 Å². The monoisotopic (exact) mass is 255 g/mol. The number of fused-ring (bicyclic) bond motifs is 1. The molecule has 3 nitrogen and oxygen atoms in total. The van der Waals surface area contributed by atoms with Crippen LogP contribution in [-0.4, -0.2) is 30.3 Å². The summed E-state index contributed by atoms with van der Waals surface area (Å²) in [5, 5.41) is 0. The van der Waals surface area contributed by atoms with Gasteiger partial charge in [0, 0.05) is 13.1 Å². The lowest BCUT2D eigenvalue weighted by Crippen LogP contribution is -2.32. The van der Waals surface area contributed by atoms with Crippen molar-refractivity contribution in [2.24, 2.45) is 0 Å². The summed E-state index contributed by atoms with van der Waals surface area (Å²) >= 11 is 0. The summed E-state index contributed by atoms with van der Waals surface area (Å²) in [5.74, 6) is 0.526. The molecule has 0 saturated heterocycles. The van der Waals surface area contributed by atoms with E-state index >= 15 is 0 Å². The molecule has 1 aliphatic heterocycles. The van der Waals surface area contributed by atoms with Crippen molar-refractivity contribution in [3.8, 4) is 0 Å². The number of carbonyl (C=O) groups is 1. The van der Waals surface area contributed by atoms with Crippen LogP contribution >= 0.6 is 0 Å². The Hall–Kier alpha value is -1.87. The van der Waals surface area contributed by atoms with Gasteiger partial charge in [-0.2, -0.15) is 0 Å². The molecule has 3 rings (SSSR count). The molecular formula is C16H17NO2. The topological polar surface area (TPSA) is 33.5 Å². The number of furan rings is 1. The number of hydrogen-bond donors (Lipinski definition) is 0. The van der Waals surface area contributed by atoms with Crippen LogP contribution < -0.4 is 0 Å². The second-order valence-electron chi connectivity index (χ2n) is 4.95. The van der Waals surface area contributed by atoms with Crippen LogP contribution in [0.1, 0.15) is 21.7 Å². The van der Waals surface area contributed by atoms with Crippen molar-refractivity contribution in [2.75, 3.05) is 19.6 Å². The summed E-state index contributed by atoms with van der Waals surface area (Å²) in [7, 11) is 0. The Kier molecular flexibility index (Phi) is 3.47. The molecule has 0 radical (unpaired) electrons. The molecule has 1 aromatic heterocycles. The van der Waals surface area contributed by atoms with Crippen LogP contribution in [0.15, 0.2) is 47.1 Å². The first-order valence-corrected chi connectivity index (χ1v) is 6.69. The molecule has 0 unspecified atom stereocenters. The Bertz CT molecular complexity index is 533. The molecule has 19 heavy (non-hydrogen) atoms. The zero-order valence-corrected chi connectivity index (χ0v) is 10.8. The molecule has 0 N–H and O–H groups in total. The largest absolute Gasteiger partial charge is 0.461 e. The summed E-state index contributed by atoms with van der Waals surface area (Å²) in [6.07, 6.45) is 3.58. The van der Waals surface area contributed by atoms with Gasteiger partial charge in [-0.05, 0) is 36.1 Å². The summed E-state index contributed by atoms with van der Waals surface area (Å²) in [5.41, 5.74) is 2.82. The second-order valence-corrected chi connectivity index (χ2v) is 4.95. The van der Waals surface area contributed by atoms with Crippen molar-refractivity contribution in [1.29, 1.82) is 0 Å². The maximum atomic E-state index is 12.0. The van der Waals surface area contributed by atoms with E-state index in [-0.39, 0.29) is 5.78 Å². The van der Waals surface area contributed by atoms with Gasteiger partial charge >= 0.3 is 0 Å². The van der Waals surface area contributed by atoms with Gasteiger partial charge in [-0.15, -0.1) is 0 Å². The van der Waals surface area contributed by atoms with E-state index in [9.17, 15) is 4.79 Å². The molecule has 0 amide bonds. The molecule has 3 heteroatoms. The van der Waals surface area contributed by atoms with Gasteiger partial charge in [-0.1, -0.05) is 24.3 Å². The van der Waals surface area contributed by atoms with E-state index < -0.39 is 0 Å². The number of benzene rings is 1. The van der Waals surface area contributed by atoms with Gasteiger partial charge in [-0.3, -0.25) is 9.69 Å². The van der Waals surface area contributed by atoms with Crippen LogP contribution in [0.25, 0.3) is 0 Å². The van der Waals surface area contributed by atoms with Gasteiger partial charge in [0.05, 0.1) is 12.8 Å². The molecule has 0 fully saturated rings. The predicted octanol–water partition coefficient (Wildman–Crippen LogP) is 2.56. The summed E-state index contributed by atoms with van der Waals surface area (Å²) < 4.78 is 5.15. The Labute approximate surface area is 112 Å². The van der Waals surface area contributed by atoms with Crippen molar-refractivity contribution in [2.45, 2.75) is 12.8 Å². The van der Waals surface area contributed by atoms with E-state index in [1.54, 1.807) is 18.4 Å². The minimum absolute atomic E-state index is 0.0657. The highest BCUT2D eigenvalue weighted by Crippen LogP contribution is 2.15. The molecule has 0 aliphatic carbocycles. The van der Waals surface area contributed by atoms with E-state index in [1.165, 1.54) is 11.1 Å². The molecule has 2 aromatic rings. The smallest absolute Gasteiger partial charge is 0.211 e. The number of carbonyl (C=O) groups excluding carboxylic acids is 1. The highest BCUT2D eigenvalue weighted by atomic mass is 16.3. The predicted molar refractivity (Wildman–Crippen MR) is 73.3 cm³/mol. The van der Waals surface area contributed by atoms with E-state index in [0.29, 0.717) is 12.3 Å². The maximum Gasteiger partial charge on any atom is 0.211 e. The van der Waals surface area contributed by atoms with Gasteiger partial charge in [0.25, 0.3) is 0 Å². The molecule has 1 aromatic carbocycles. The van der Waals surface area contributed by atoms with Crippen molar-refractivity contribution in [3.05, 3.63) is 59.5 Å². The molecule has 98 valence electrons. The first kappa shape index (κ1) is 12.2. The molecular weight excluding hydrogens is 238 g/mol. The van der Waals surface area contributed by atoms with E-state index in [1.807, 2.05) is 0 Å². The average Bonchev–Trinajstić information content (AvgIpc) is 2.90. The van der Waals surface area contributed by atoms with Crippen LogP contribution in [0.2, 0.25) is 0 Å². The first-order valence-electron chi connectivity index (χ1n) is 6.69. The van der Waals surface area contributed by atoms with Crippen LogP contribution in [0.3, 0.4) is 0 Å². The summed E-state index contributed by atoms with van der Waals surface area (Å²) in [6.45, 7) is 2.31. The van der Waals surface area contributed by atoms with Gasteiger partial charge in [-0.25, -0.2) is 0 Å². The first-order chi connectivity index (χ1) is 9.33. The third-order valence-corrected chi connectivity index (χ3v) is 3.68. The molecule has 2 heterocycles. The Balaban J connectivity index is 1.64. The average molecular weight is 255 g/mol. The van der Waals surface area contributed by atoms with Gasteiger partial charge in [0.15, 0.2) is 5.76 Å². The van der Waals surface area contributed by atoms with E-state index in [2.05, 4.69) is 29.2 Å². The number of rotatable bonds is 3. The lowest BCUT2D eigenvalue weighted by atomic mass is 10.0. The zero-order chi connectivity index (χ0) is 13.1. The second kappa shape index (κ2) is 5.41. The zero-order valence-electron chi connectivity index (χ0n) is 10.8. The number of nitrogens with zero attached hydrogens (tertiary/aromatic N) is 1. The Morgan fingerprint density at radius 1 is 1.05 bits per heavy atom. The molecule has 0 saturated carbocycles. The third kappa shape index (κ3) is 2.76. The number of ketones is 1. The van der Waals surface area contributed by atoms with Crippen molar-refractivity contribution in [1.82, 2.24) is 4.90 Å². The molecule has 1 aliphatic rings. The fourth-order valence-corrected chi connectivity index (χ4v) is 2.59. The van der Waals surface area contributed by atoms with Crippen molar-refractivity contribution >= 4 is 5.78 Å². The quantitative estimate of drug-likeness (QED) is 0.790. The molecule has 0 atom stereocenters. The van der Waals surface area contributed by atoms with E-state index in [0.717, 1.165) is 25.9 Å². The lowest BCUT2D eigenvalue weighted by Gasteiger charge is -2.17. The van der Waals surface area contributed by atoms with Crippen LogP contribution in [0, 0.1) is 0 Å². The molecule has 0 bridgehead atoms. The third-order valence-electron chi connectivity index (χ3n) is 3.68. The van der Waals surface area contributed by atoms with Crippen molar-refractivity contribution < 1.29 is 9.21 Å². The van der Waals surface area contributed by atoms with Crippen LogP contribution in [0.4, 0.5) is 0 Å². The van der Waals surface area contributed by atoms with Crippen LogP contribution in [-0.2, 0) is 12.8 Å². The Morgan fingerprint density at radius 3 is 2.32 bits per heavy atom. The summed E-state index contributed by atoms with van der Waals surface area (Å²) in [4.78, 5) is 14.2. The van der Waals surface area contributed by atoms with Gasteiger partial charge < -0.3 is 4.42 Å². The van der Waals surface area contributed by atoms with E-state index in [4.69, 9.17) is 4.42 Å². The minimum Gasteiger partial charge on any atom is -0.461 e. The fourth-order valence-electron chi connectivity index (χ4n) is 2.59. The van der Waals surface area contributed by atoms with Crippen molar-refractivity contribution in [3.63, 3.8) is 0 Å². The normalized spacial score (nSPS) is 15.8. The highest BCUT2D eigenvalue weighted by Gasteiger charge is 2.17. The lowest BCUT2D eigenvalue weighted by molar-refractivity contribution is 0.0906. The SMILES string of the molecule is O=C(CN1CCc2ccccc2CC1)c1ccco1. The minimum atomic E-state index is 0.0657. The van der Waals surface area contributed by atoms with Crippen LogP contribution in [0.5, 0.6) is 0 Å².